The number of fused-ring (bicyclic) bond motifs is 3. The van der Waals surface area contributed by atoms with Gasteiger partial charge in [0, 0.05) is 13.2 Å². The summed E-state index contributed by atoms with van der Waals surface area (Å²) >= 11 is 0. The highest BCUT2D eigenvalue weighted by atomic mass is 19.1. The van der Waals surface area contributed by atoms with E-state index < -0.39 is 11.6 Å². The van der Waals surface area contributed by atoms with Gasteiger partial charge in [-0.2, -0.15) is 4.98 Å². The molecule has 0 bridgehead atoms. The molecule has 1 unspecified atom stereocenters. The van der Waals surface area contributed by atoms with Crippen molar-refractivity contribution in [3.05, 3.63) is 70.8 Å². The second-order valence-corrected chi connectivity index (χ2v) is 7.33. The highest BCUT2D eigenvalue weighted by molar-refractivity contribution is 5.83. The van der Waals surface area contributed by atoms with Gasteiger partial charge in [0.15, 0.2) is 0 Å². The van der Waals surface area contributed by atoms with E-state index in [2.05, 4.69) is 15.1 Å². The van der Waals surface area contributed by atoms with Crippen molar-refractivity contribution < 1.29 is 18.0 Å². The third-order valence-corrected chi connectivity index (χ3v) is 5.24. The molecule has 0 saturated carbocycles. The van der Waals surface area contributed by atoms with Crippen LogP contribution < -0.4 is 5.56 Å². The third-order valence-electron chi connectivity index (χ3n) is 5.24. The van der Waals surface area contributed by atoms with Crippen LogP contribution >= 0.6 is 0 Å². The Kier molecular flexibility index (Phi) is 4.78. The molecule has 32 heavy (non-hydrogen) atoms. The number of rotatable bonds is 5. The lowest BCUT2D eigenvalue weighted by atomic mass is 10.2. The Bertz CT molecular complexity index is 1520. The maximum atomic E-state index is 14.1. The van der Waals surface area contributed by atoms with Gasteiger partial charge in [0.2, 0.25) is 5.82 Å². The number of benzene rings is 2. The molecule has 0 aliphatic rings. The summed E-state index contributed by atoms with van der Waals surface area (Å²) in [7, 11) is 1.57. The van der Waals surface area contributed by atoms with E-state index in [0.717, 1.165) is 23.2 Å². The summed E-state index contributed by atoms with van der Waals surface area (Å²) in [6.45, 7) is 2.22. The first kappa shape index (κ1) is 20.0. The Morgan fingerprint density at radius 1 is 1.16 bits per heavy atom. The molecule has 0 radical (unpaired) electrons. The Morgan fingerprint density at radius 3 is 2.69 bits per heavy atom. The number of imidazole rings is 1. The second-order valence-electron chi connectivity index (χ2n) is 7.33. The van der Waals surface area contributed by atoms with Crippen LogP contribution in [0, 0.1) is 11.6 Å². The van der Waals surface area contributed by atoms with Crippen molar-refractivity contribution in [2.75, 3.05) is 13.7 Å². The molecule has 3 aromatic heterocycles. The first-order valence-electron chi connectivity index (χ1n) is 9.78. The summed E-state index contributed by atoms with van der Waals surface area (Å²) in [5.74, 6) is -1.68. The van der Waals surface area contributed by atoms with Crippen LogP contribution in [0.25, 0.3) is 39.5 Å². The molecule has 5 aromatic rings. The van der Waals surface area contributed by atoms with Crippen LogP contribution in [-0.2, 0) is 4.74 Å². The molecule has 8 nitrogen and oxygen atoms in total. The minimum atomic E-state index is -0.836. The van der Waals surface area contributed by atoms with Gasteiger partial charge in [0.1, 0.15) is 29.2 Å². The molecule has 0 saturated heterocycles. The molecule has 3 heterocycles. The van der Waals surface area contributed by atoms with Gasteiger partial charge in [-0.1, -0.05) is 17.3 Å². The SMILES string of the molecule is COCC(C)n1c(=O)c2c(-c3noc(-c4ccc(F)cc4F)n3)ncn2c2ccccc21. The van der Waals surface area contributed by atoms with Gasteiger partial charge in [0.25, 0.3) is 11.4 Å². The summed E-state index contributed by atoms with van der Waals surface area (Å²) < 4.78 is 41.1. The van der Waals surface area contributed by atoms with Crippen molar-refractivity contribution in [3.8, 4) is 23.0 Å². The fourth-order valence-electron chi connectivity index (χ4n) is 3.84. The number of nitrogens with zero attached hydrogens (tertiary/aromatic N) is 5. The van der Waals surface area contributed by atoms with Crippen LogP contribution in [-0.4, -0.2) is 37.8 Å². The van der Waals surface area contributed by atoms with Gasteiger partial charge < -0.3 is 9.26 Å². The van der Waals surface area contributed by atoms with Crippen molar-refractivity contribution in [2.45, 2.75) is 13.0 Å². The van der Waals surface area contributed by atoms with E-state index in [1.807, 2.05) is 31.2 Å². The lowest BCUT2D eigenvalue weighted by Crippen LogP contribution is -2.28. The Balaban J connectivity index is 1.73. The van der Waals surface area contributed by atoms with Crippen molar-refractivity contribution in [1.29, 1.82) is 0 Å². The topological polar surface area (TPSA) is 87.5 Å². The van der Waals surface area contributed by atoms with Crippen LogP contribution in [0.1, 0.15) is 13.0 Å². The molecule has 0 spiro atoms. The van der Waals surface area contributed by atoms with Crippen molar-refractivity contribution in [1.82, 2.24) is 24.1 Å². The van der Waals surface area contributed by atoms with Crippen LogP contribution in [0.15, 0.2) is 58.1 Å². The Hall–Kier alpha value is -3.92. The minimum absolute atomic E-state index is 0.0181. The van der Waals surface area contributed by atoms with E-state index in [1.54, 1.807) is 16.1 Å². The summed E-state index contributed by atoms with van der Waals surface area (Å²) in [6.07, 6.45) is 1.51. The number of ether oxygens (including phenoxy) is 1. The normalized spacial score (nSPS) is 12.6. The zero-order chi connectivity index (χ0) is 22.4. The molecular weight excluding hydrogens is 420 g/mol. The summed E-state index contributed by atoms with van der Waals surface area (Å²) in [4.78, 5) is 22.1. The van der Waals surface area contributed by atoms with E-state index >= 15 is 0 Å². The molecule has 10 heteroatoms. The first-order chi connectivity index (χ1) is 15.5. The molecule has 1 atom stereocenters. The monoisotopic (exact) mass is 437 g/mol. The van der Waals surface area contributed by atoms with E-state index in [0.29, 0.717) is 6.61 Å². The van der Waals surface area contributed by atoms with E-state index in [4.69, 9.17) is 9.26 Å². The zero-order valence-corrected chi connectivity index (χ0v) is 17.1. The third kappa shape index (κ3) is 3.07. The van der Waals surface area contributed by atoms with Gasteiger partial charge in [-0.05, 0) is 31.2 Å². The number of para-hydroxylation sites is 2. The maximum Gasteiger partial charge on any atom is 0.278 e. The lowest BCUT2D eigenvalue weighted by molar-refractivity contribution is 0.162. The number of halogens is 2. The molecule has 5 rings (SSSR count). The zero-order valence-electron chi connectivity index (χ0n) is 17.1. The average molecular weight is 437 g/mol. The quantitative estimate of drug-likeness (QED) is 0.415. The molecule has 0 amide bonds. The highest BCUT2D eigenvalue weighted by Gasteiger charge is 2.23. The molecule has 2 aromatic carbocycles. The maximum absolute atomic E-state index is 14.1. The second kappa shape index (κ2) is 7.65. The van der Waals surface area contributed by atoms with Gasteiger partial charge in [-0.25, -0.2) is 13.8 Å². The van der Waals surface area contributed by atoms with Crippen LogP contribution in [0.2, 0.25) is 0 Å². The van der Waals surface area contributed by atoms with Crippen LogP contribution in [0.3, 0.4) is 0 Å². The average Bonchev–Trinajstić information content (AvgIpc) is 3.42. The summed E-state index contributed by atoms with van der Waals surface area (Å²) in [6, 6.07) is 10.2. The molecule has 0 fully saturated rings. The van der Waals surface area contributed by atoms with Crippen molar-refractivity contribution in [2.24, 2.45) is 0 Å². The molecule has 0 aliphatic carbocycles. The van der Waals surface area contributed by atoms with Crippen molar-refractivity contribution >= 4 is 16.6 Å². The predicted molar refractivity (Wildman–Crippen MR) is 112 cm³/mol. The highest BCUT2D eigenvalue weighted by Crippen LogP contribution is 2.27. The number of methoxy groups -OCH3 is 1. The van der Waals surface area contributed by atoms with Crippen LogP contribution in [0.4, 0.5) is 8.78 Å². The first-order valence-corrected chi connectivity index (χ1v) is 9.78. The molecule has 162 valence electrons. The van der Waals surface area contributed by atoms with Gasteiger partial charge >= 0.3 is 0 Å². The van der Waals surface area contributed by atoms with Crippen molar-refractivity contribution in [3.63, 3.8) is 0 Å². The molecule has 0 aliphatic heterocycles. The number of aromatic nitrogens is 5. The van der Waals surface area contributed by atoms with Gasteiger partial charge in [-0.15, -0.1) is 0 Å². The Labute approximate surface area is 179 Å². The van der Waals surface area contributed by atoms with E-state index in [1.165, 1.54) is 12.4 Å². The van der Waals surface area contributed by atoms with Crippen LogP contribution in [0.5, 0.6) is 0 Å². The summed E-state index contributed by atoms with van der Waals surface area (Å²) in [5.41, 5.74) is 1.57. The molecular formula is C22H17F2N5O3. The van der Waals surface area contributed by atoms with E-state index in [-0.39, 0.29) is 40.1 Å². The molecule has 0 N–H and O–H groups in total. The minimum Gasteiger partial charge on any atom is -0.383 e. The number of hydrogen-bond donors (Lipinski definition) is 0. The smallest absolute Gasteiger partial charge is 0.278 e. The standard InChI is InChI=1S/C22H17F2N5O3/c1-12(10-31-2)29-17-6-4-3-5-16(17)28-11-25-18(19(28)22(29)30)20-26-21(32-27-20)14-8-7-13(23)9-15(14)24/h3-9,11-12H,10H2,1-2H3. The number of hydrogen-bond acceptors (Lipinski definition) is 6. The fourth-order valence-corrected chi connectivity index (χ4v) is 3.84. The Morgan fingerprint density at radius 2 is 1.94 bits per heavy atom. The lowest BCUT2D eigenvalue weighted by Gasteiger charge is -2.18. The fraction of sp³-hybridized carbons (Fsp3) is 0.182. The van der Waals surface area contributed by atoms with E-state index in [9.17, 15) is 13.6 Å². The largest absolute Gasteiger partial charge is 0.383 e. The summed E-state index contributed by atoms with van der Waals surface area (Å²) in [5, 5.41) is 3.89. The van der Waals surface area contributed by atoms with Gasteiger partial charge in [0.05, 0.1) is 29.2 Å². The van der Waals surface area contributed by atoms with Gasteiger partial charge in [-0.3, -0.25) is 13.8 Å². The predicted octanol–water partition coefficient (Wildman–Crippen LogP) is 3.85.